The van der Waals surface area contributed by atoms with Crippen LogP contribution in [-0.2, 0) is 4.79 Å². The monoisotopic (exact) mass is 409 g/mol. The molecule has 2 fully saturated rings. The Morgan fingerprint density at radius 1 is 1.10 bits per heavy atom. The van der Waals surface area contributed by atoms with Crippen molar-refractivity contribution in [1.82, 2.24) is 4.90 Å². The van der Waals surface area contributed by atoms with Gasteiger partial charge in [0.05, 0.1) is 12.0 Å². The summed E-state index contributed by atoms with van der Waals surface area (Å²) in [4.78, 5) is 13.9. The number of aliphatic carboxylic acids is 1. The van der Waals surface area contributed by atoms with Crippen LogP contribution < -0.4 is 4.74 Å². The maximum absolute atomic E-state index is 11.4. The number of piperidine rings is 1. The molecule has 2 aromatic rings. The topological polar surface area (TPSA) is 49.8 Å². The second-order valence-corrected chi connectivity index (χ2v) is 9.10. The first-order chi connectivity index (χ1) is 14.6. The summed E-state index contributed by atoms with van der Waals surface area (Å²) in [5.74, 6) is 0.196. The number of aryl methyl sites for hydroxylation is 1. The van der Waals surface area contributed by atoms with Gasteiger partial charge in [-0.15, -0.1) is 0 Å². The fraction of sp³-hybridized carbons (Fsp3) is 0.577. The van der Waals surface area contributed by atoms with Crippen LogP contribution in [0.15, 0.2) is 30.3 Å². The van der Waals surface area contributed by atoms with Crippen LogP contribution in [0, 0.1) is 12.8 Å². The van der Waals surface area contributed by atoms with Crippen molar-refractivity contribution in [3.8, 4) is 5.75 Å². The molecule has 1 saturated heterocycles. The lowest BCUT2D eigenvalue weighted by molar-refractivity contribution is -0.143. The first kappa shape index (κ1) is 21.2. The maximum Gasteiger partial charge on any atom is 0.306 e. The summed E-state index contributed by atoms with van der Waals surface area (Å²) < 4.78 is 6.69. The largest absolute Gasteiger partial charge is 0.490 e. The predicted octanol–water partition coefficient (Wildman–Crippen LogP) is 6.11. The molecular formula is C26H35NO3. The van der Waals surface area contributed by atoms with Crippen LogP contribution in [0.4, 0.5) is 0 Å². The van der Waals surface area contributed by atoms with Gasteiger partial charge in [0.1, 0.15) is 5.75 Å². The molecule has 1 aliphatic carbocycles. The molecule has 1 saturated carbocycles. The lowest BCUT2D eigenvalue weighted by atomic mass is 9.89. The highest BCUT2D eigenvalue weighted by atomic mass is 16.5. The van der Waals surface area contributed by atoms with E-state index >= 15 is 0 Å². The van der Waals surface area contributed by atoms with Crippen molar-refractivity contribution < 1.29 is 14.6 Å². The van der Waals surface area contributed by atoms with Crippen LogP contribution in [0.2, 0.25) is 0 Å². The number of carbonyl (C=O) groups is 1. The number of hydrogen-bond donors (Lipinski definition) is 1. The van der Waals surface area contributed by atoms with E-state index in [1.807, 2.05) is 0 Å². The Kier molecular flexibility index (Phi) is 6.62. The van der Waals surface area contributed by atoms with Crippen molar-refractivity contribution in [3.63, 3.8) is 0 Å². The van der Waals surface area contributed by atoms with Gasteiger partial charge in [0.2, 0.25) is 0 Å². The van der Waals surface area contributed by atoms with E-state index in [-0.39, 0.29) is 12.0 Å². The molecule has 0 radical (unpaired) electrons. The third-order valence-electron chi connectivity index (χ3n) is 7.14. The predicted molar refractivity (Wildman–Crippen MR) is 121 cm³/mol. The van der Waals surface area contributed by atoms with Crippen molar-refractivity contribution >= 4 is 16.7 Å². The Balaban J connectivity index is 1.71. The average molecular weight is 410 g/mol. The summed E-state index contributed by atoms with van der Waals surface area (Å²) in [6.45, 7) is 6.09. The van der Waals surface area contributed by atoms with Crippen LogP contribution in [-0.4, -0.2) is 35.2 Å². The summed E-state index contributed by atoms with van der Waals surface area (Å²) in [5, 5.41) is 12.0. The van der Waals surface area contributed by atoms with E-state index in [9.17, 15) is 9.90 Å². The highest BCUT2D eigenvalue weighted by molar-refractivity contribution is 5.91. The molecular weight excluding hydrogens is 374 g/mol. The van der Waals surface area contributed by atoms with Crippen molar-refractivity contribution in [2.45, 2.75) is 77.4 Å². The van der Waals surface area contributed by atoms with Crippen molar-refractivity contribution in [3.05, 3.63) is 41.5 Å². The van der Waals surface area contributed by atoms with Crippen molar-refractivity contribution in [2.24, 2.45) is 5.92 Å². The lowest BCUT2D eigenvalue weighted by Crippen LogP contribution is -2.39. The molecule has 1 N–H and O–H groups in total. The Morgan fingerprint density at radius 3 is 2.40 bits per heavy atom. The van der Waals surface area contributed by atoms with E-state index in [4.69, 9.17) is 4.74 Å². The van der Waals surface area contributed by atoms with Gasteiger partial charge in [-0.05, 0) is 87.4 Å². The lowest BCUT2D eigenvalue weighted by Gasteiger charge is -2.38. The van der Waals surface area contributed by atoms with Gasteiger partial charge in [-0.2, -0.15) is 0 Å². The minimum Gasteiger partial charge on any atom is -0.490 e. The Bertz CT molecular complexity index is 879. The highest BCUT2D eigenvalue weighted by Gasteiger charge is 2.31. The number of rotatable bonds is 6. The molecule has 2 aromatic carbocycles. The molecule has 1 unspecified atom stereocenters. The van der Waals surface area contributed by atoms with E-state index in [1.54, 1.807) is 0 Å². The maximum atomic E-state index is 11.4. The molecule has 4 rings (SSSR count). The molecule has 162 valence electrons. The van der Waals surface area contributed by atoms with Crippen LogP contribution in [0.25, 0.3) is 10.8 Å². The van der Waals surface area contributed by atoms with E-state index in [0.717, 1.165) is 50.9 Å². The zero-order valence-electron chi connectivity index (χ0n) is 18.4. The Morgan fingerprint density at radius 2 is 1.77 bits per heavy atom. The van der Waals surface area contributed by atoms with Crippen LogP contribution in [0.1, 0.15) is 75.5 Å². The molecule has 1 atom stereocenters. The summed E-state index contributed by atoms with van der Waals surface area (Å²) in [6, 6.07) is 11.2. The molecule has 30 heavy (non-hydrogen) atoms. The van der Waals surface area contributed by atoms with Gasteiger partial charge in [-0.3, -0.25) is 9.69 Å². The zero-order valence-corrected chi connectivity index (χ0v) is 18.4. The number of ether oxygens (including phenoxy) is 1. The van der Waals surface area contributed by atoms with E-state index in [1.165, 1.54) is 41.2 Å². The number of fused-ring (bicyclic) bond motifs is 1. The number of likely N-dealkylation sites (tertiary alicyclic amines) is 1. The normalized spacial score (nSPS) is 20.3. The van der Waals surface area contributed by atoms with E-state index in [2.05, 4.69) is 49.1 Å². The Labute approximate surface area is 180 Å². The van der Waals surface area contributed by atoms with Gasteiger partial charge >= 0.3 is 5.97 Å². The summed E-state index contributed by atoms with van der Waals surface area (Å²) >= 11 is 0. The Hall–Kier alpha value is -2.07. The number of hydrogen-bond acceptors (Lipinski definition) is 3. The van der Waals surface area contributed by atoms with Crippen molar-refractivity contribution in [2.75, 3.05) is 13.1 Å². The fourth-order valence-electron chi connectivity index (χ4n) is 5.45. The fourth-order valence-corrected chi connectivity index (χ4v) is 5.45. The van der Waals surface area contributed by atoms with Gasteiger partial charge in [0.15, 0.2) is 0 Å². The zero-order chi connectivity index (χ0) is 21.1. The van der Waals surface area contributed by atoms with Gasteiger partial charge in [0, 0.05) is 11.6 Å². The molecule has 1 aliphatic heterocycles. The van der Waals surface area contributed by atoms with Gasteiger partial charge < -0.3 is 9.84 Å². The van der Waals surface area contributed by atoms with Gasteiger partial charge in [0.25, 0.3) is 0 Å². The molecule has 0 spiro atoms. The summed E-state index contributed by atoms with van der Waals surface area (Å²) in [5.41, 5.74) is 2.57. The number of carboxylic acids is 1. The number of carboxylic acid groups (broad SMARTS) is 1. The average Bonchev–Trinajstić information content (AvgIpc) is 2.77. The van der Waals surface area contributed by atoms with E-state index in [0.29, 0.717) is 6.10 Å². The summed E-state index contributed by atoms with van der Waals surface area (Å²) in [7, 11) is 0. The first-order valence-corrected chi connectivity index (χ1v) is 11.7. The second kappa shape index (κ2) is 9.38. The second-order valence-electron chi connectivity index (χ2n) is 9.10. The minimum absolute atomic E-state index is 0.202. The standard InChI is InChI=1S/C26H35NO3/c1-3-23(27-15-13-19(14-16-27)26(28)29)25-22-12-8-7-11-21(22)18(2)17-24(25)30-20-9-5-4-6-10-20/h7-8,11-12,17,19-20,23H,3-6,9-10,13-16H2,1-2H3,(H,28,29). The van der Waals surface area contributed by atoms with E-state index < -0.39 is 5.97 Å². The molecule has 0 amide bonds. The molecule has 0 bridgehead atoms. The number of benzene rings is 2. The highest BCUT2D eigenvalue weighted by Crippen LogP contribution is 2.41. The minimum atomic E-state index is -0.648. The molecule has 0 aromatic heterocycles. The molecule has 4 nitrogen and oxygen atoms in total. The van der Waals surface area contributed by atoms with Crippen LogP contribution in [0.3, 0.4) is 0 Å². The van der Waals surface area contributed by atoms with Gasteiger partial charge in [-0.1, -0.05) is 37.6 Å². The van der Waals surface area contributed by atoms with Crippen molar-refractivity contribution in [1.29, 1.82) is 0 Å². The van der Waals surface area contributed by atoms with Crippen LogP contribution in [0.5, 0.6) is 5.75 Å². The smallest absolute Gasteiger partial charge is 0.306 e. The first-order valence-electron chi connectivity index (χ1n) is 11.7. The summed E-state index contributed by atoms with van der Waals surface area (Å²) in [6.07, 6.45) is 8.89. The quantitative estimate of drug-likeness (QED) is 0.625. The molecule has 1 heterocycles. The van der Waals surface area contributed by atoms with Gasteiger partial charge in [-0.25, -0.2) is 0 Å². The van der Waals surface area contributed by atoms with Crippen LogP contribution >= 0.6 is 0 Å². The molecule has 2 aliphatic rings. The third kappa shape index (κ3) is 4.34. The molecule has 4 heteroatoms. The number of nitrogens with zero attached hydrogens (tertiary/aromatic N) is 1. The SMILES string of the molecule is CCC(c1c(OC2CCCCC2)cc(C)c2ccccc12)N1CCC(C(=O)O)CC1. The third-order valence-corrected chi connectivity index (χ3v) is 7.14.